The van der Waals surface area contributed by atoms with E-state index in [1.807, 2.05) is 0 Å². The van der Waals surface area contributed by atoms with Gasteiger partial charge in [0.15, 0.2) is 0 Å². The Hall–Kier alpha value is 0.600. The molecule has 56 valence electrons. The van der Waals surface area contributed by atoms with Crippen molar-refractivity contribution in [1.82, 2.24) is 4.90 Å². The van der Waals surface area contributed by atoms with Crippen molar-refractivity contribution in [3.05, 3.63) is 0 Å². The molecule has 0 aromatic rings. The third-order valence-electron chi connectivity index (χ3n) is 1.65. The highest BCUT2D eigenvalue weighted by Gasteiger charge is 2.06. The zero-order chi connectivity index (χ0) is 5.82. The van der Waals surface area contributed by atoms with Crippen LogP contribution in [0, 0.1) is 0 Å². The topological polar surface area (TPSA) is 3.24 Å². The fourth-order valence-electron chi connectivity index (χ4n) is 1.10. The van der Waals surface area contributed by atoms with Crippen LogP contribution in [0.1, 0.15) is 19.3 Å². The average Bonchev–Trinajstić information content (AvgIpc) is 1.90. The van der Waals surface area contributed by atoms with Crippen molar-refractivity contribution in [1.29, 1.82) is 0 Å². The molecule has 0 atom stereocenters. The summed E-state index contributed by atoms with van der Waals surface area (Å²) in [5.41, 5.74) is 0. The third-order valence-corrected chi connectivity index (χ3v) is 2.05. The number of piperidine rings is 1. The van der Waals surface area contributed by atoms with Crippen LogP contribution < -0.4 is 0 Å². The molecule has 0 saturated carbocycles. The zero-order valence-corrected chi connectivity index (χ0v) is 7.26. The van der Waals surface area contributed by atoms with Crippen LogP contribution in [0.5, 0.6) is 0 Å². The van der Waals surface area contributed by atoms with Crippen molar-refractivity contribution in [2.45, 2.75) is 19.3 Å². The van der Waals surface area contributed by atoms with Crippen molar-refractivity contribution < 1.29 is 0 Å². The van der Waals surface area contributed by atoms with E-state index in [0.717, 1.165) is 5.88 Å². The van der Waals surface area contributed by atoms with E-state index in [-0.39, 0.29) is 12.4 Å². The first-order valence-electron chi connectivity index (χ1n) is 3.26. The maximum absolute atomic E-state index is 4.19. The minimum Gasteiger partial charge on any atom is -0.294 e. The minimum atomic E-state index is 0. The largest absolute Gasteiger partial charge is 0.294 e. The first kappa shape index (κ1) is 9.60. The molecule has 1 heterocycles. The molecule has 0 amide bonds. The summed E-state index contributed by atoms with van der Waals surface area (Å²) in [4.78, 5) is 2.38. The summed E-state index contributed by atoms with van der Waals surface area (Å²) in [5.74, 6) is 0.944. The quantitative estimate of drug-likeness (QED) is 0.583. The van der Waals surface area contributed by atoms with Gasteiger partial charge in [-0.3, -0.25) is 4.90 Å². The Morgan fingerprint density at radius 2 is 1.67 bits per heavy atom. The molecule has 1 fully saturated rings. The molecule has 0 aromatic heterocycles. The van der Waals surface area contributed by atoms with Crippen molar-refractivity contribution in [2.75, 3.05) is 19.0 Å². The van der Waals surface area contributed by atoms with Gasteiger partial charge in [0.2, 0.25) is 0 Å². The molecule has 0 N–H and O–H groups in total. The summed E-state index contributed by atoms with van der Waals surface area (Å²) in [6.07, 6.45) is 4.17. The molecular formula is C6H14ClNS. The summed E-state index contributed by atoms with van der Waals surface area (Å²) in [6.45, 7) is 2.53. The van der Waals surface area contributed by atoms with Crippen LogP contribution in [0.25, 0.3) is 0 Å². The monoisotopic (exact) mass is 167 g/mol. The molecular weight excluding hydrogens is 154 g/mol. The van der Waals surface area contributed by atoms with Gasteiger partial charge in [-0.05, 0) is 25.9 Å². The fourth-order valence-corrected chi connectivity index (χ4v) is 1.38. The molecule has 1 nitrogen and oxygen atoms in total. The summed E-state index contributed by atoms with van der Waals surface area (Å²) in [7, 11) is 0. The van der Waals surface area contributed by atoms with E-state index in [1.165, 1.54) is 32.4 Å². The number of thiol groups is 1. The molecule has 0 aliphatic carbocycles. The number of nitrogens with zero attached hydrogens (tertiary/aromatic N) is 1. The third kappa shape index (κ3) is 3.33. The maximum Gasteiger partial charge on any atom is 0.0414 e. The summed E-state index contributed by atoms with van der Waals surface area (Å²) < 4.78 is 0. The Morgan fingerprint density at radius 1 is 1.11 bits per heavy atom. The van der Waals surface area contributed by atoms with Crippen molar-refractivity contribution in [3.63, 3.8) is 0 Å². The standard InChI is InChI=1S/C6H13NS.ClH/c8-6-7-4-2-1-3-5-7;/h8H,1-6H2;1H. The van der Waals surface area contributed by atoms with E-state index in [2.05, 4.69) is 17.5 Å². The van der Waals surface area contributed by atoms with Gasteiger partial charge in [0.05, 0.1) is 0 Å². The van der Waals surface area contributed by atoms with Gasteiger partial charge in [-0.25, -0.2) is 0 Å². The van der Waals surface area contributed by atoms with Crippen LogP contribution in [0.3, 0.4) is 0 Å². The molecule has 1 aliphatic rings. The van der Waals surface area contributed by atoms with E-state index in [0.29, 0.717) is 0 Å². The smallest absolute Gasteiger partial charge is 0.0414 e. The lowest BCUT2D eigenvalue weighted by Gasteiger charge is -2.23. The number of rotatable bonds is 1. The van der Waals surface area contributed by atoms with Crippen LogP contribution >= 0.6 is 25.0 Å². The van der Waals surface area contributed by atoms with Gasteiger partial charge in [-0.2, -0.15) is 12.6 Å². The highest BCUT2D eigenvalue weighted by atomic mass is 35.5. The molecule has 1 rings (SSSR count). The van der Waals surface area contributed by atoms with Crippen LogP contribution in [0.4, 0.5) is 0 Å². The van der Waals surface area contributed by atoms with Gasteiger partial charge in [-0.15, -0.1) is 12.4 Å². The minimum absolute atomic E-state index is 0. The normalized spacial score (nSPS) is 21.0. The molecule has 0 spiro atoms. The molecule has 0 radical (unpaired) electrons. The second-order valence-corrected chi connectivity index (χ2v) is 2.60. The van der Waals surface area contributed by atoms with Crippen molar-refractivity contribution in [3.8, 4) is 0 Å². The Morgan fingerprint density at radius 3 is 2.00 bits per heavy atom. The second-order valence-electron chi connectivity index (χ2n) is 2.32. The predicted molar refractivity (Wildman–Crippen MR) is 46.5 cm³/mol. The van der Waals surface area contributed by atoms with E-state index in [1.54, 1.807) is 0 Å². The molecule has 1 aliphatic heterocycles. The van der Waals surface area contributed by atoms with Crippen molar-refractivity contribution in [2.24, 2.45) is 0 Å². The fraction of sp³-hybridized carbons (Fsp3) is 1.00. The predicted octanol–water partition coefficient (Wildman–Crippen LogP) is 1.78. The second kappa shape index (κ2) is 5.39. The van der Waals surface area contributed by atoms with E-state index in [4.69, 9.17) is 0 Å². The van der Waals surface area contributed by atoms with Crippen molar-refractivity contribution >= 4 is 25.0 Å². The number of likely N-dealkylation sites (tertiary alicyclic amines) is 1. The molecule has 9 heavy (non-hydrogen) atoms. The molecule has 3 heteroatoms. The van der Waals surface area contributed by atoms with Gasteiger partial charge in [0.25, 0.3) is 0 Å². The Balaban J connectivity index is 0.000000640. The first-order chi connectivity index (χ1) is 3.93. The summed E-state index contributed by atoms with van der Waals surface area (Å²) in [6, 6.07) is 0. The Kier molecular flexibility index (Phi) is 5.75. The summed E-state index contributed by atoms with van der Waals surface area (Å²) in [5, 5.41) is 0. The van der Waals surface area contributed by atoms with Gasteiger partial charge in [-0.1, -0.05) is 6.42 Å². The highest BCUT2D eigenvalue weighted by Crippen LogP contribution is 2.07. The molecule has 1 saturated heterocycles. The lowest BCUT2D eigenvalue weighted by molar-refractivity contribution is 0.267. The Labute approximate surface area is 68.6 Å². The SMILES string of the molecule is Cl.SCN1CCCCC1. The highest BCUT2D eigenvalue weighted by molar-refractivity contribution is 7.80. The summed E-state index contributed by atoms with van der Waals surface area (Å²) >= 11 is 4.19. The van der Waals surface area contributed by atoms with Crippen LogP contribution in [0.15, 0.2) is 0 Å². The van der Waals surface area contributed by atoms with Gasteiger partial charge >= 0.3 is 0 Å². The maximum atomic E-state index is 4.19. The van der Waals surface area contributed by atoms with Gasteiger partial charge in [0.1, 0.15) is 0 Å². The van der Waals surface area contributed by atoms with Gasteiger partial charge < -0.3 is 0 Å². The Bertz CT molecular complexity index is 64.1. The average molecular weight is 168 g/mol. The zero-order valence-electron chi connectivity index (χ0n) is 5.55. The lowest BCUT2D eigenvalue weighted by Crippen LogP contribution is -2.28. The number of hydrogen-bond acceptors (Lipinski definition) is 2. The lowest BCUT2D eigenvalue weighted by atomic mass is 10.1. The molecule has 0 bridgehead atoms. The molecule has 0 unspecified atom stereocenters. The van der Waals surface area contributed by atoms with Crippen LogP contribution in [0.2, 0.25) is 0 Å². The van der Waals surface area contributed by atoms with E-state index >= 15 is 0 Å². The first-order valence-corrected chi connectivity index (χ1v) is 3.90. The van der Waals surface area contributed by atoms with E-state index < -0.39 is 0 Å². The van der Waals surface area contributed by atoms with Crippen LogP contribution in [-0.4, -0.2) is 23.9 Å². The van der Waals surface area contributed by atoms with Gasteiger partial charge in [0, 0.05) is 5.88 Å². The van der Waals surface area contributed by atoms with E-state index in [9.17, 15) is 0 Å². The molecule has 0 aromatic carbocycles. The number of halogens is 1. The van der Waals surface area contributed by atoms with Crippen LogP contribution in [-0.2, 0) is 0 Å². The number of hydrogen-bond donors (Lipinski definition) is 1.